The molecule has 0 amide bonds. The maximum absolute atomic E-state index is 11.3. The van der Waals surface area contributed by atoms with Gasteiger partial charge in [0.15, 0.2) is 8.32 Å². The van der Waals surface area contributed by atoms with Crippen molar-refractivity contribution < 1.29 is 9.59 Å². The van der Waals surface area contributed by atoms with E-state index in [0.29, 0.717) is 11.3 Å². The molecule has 19 heavy (non-hydrogen) atoms. The third-order valence-electron chi connectivity index (χ3n) is 5.89. The summed E-state index contributed by atoms with van der Waals surface area (Å²) in [7, 11) is -1.96. The van der Waals surface area contributed by atoms with Gasteiger partial charge in [0.25, 0.3) is 0 Å². The lowest BCUT2D eigenvalue weighted by atomic mass is 9.70. The zero-order chi connectivity index (χ0) is 14.0. The van der Waals surface area contributed by atoms with Gasteiger partial charge in [-0.15, -0.1) is 0 Å². The molecular formula is C16H30O2Si. The van der Waals surface area contributed by atoms with Gasteiger partial charge in [-0.25, -0.2) is 0 Å². The summed E-state index contributed by atoms with van der Waals surface area (Å²) in [5.41, 5.74) is 0.529. The maximum atomic E-state index is 11.3. The highest BCUT2D eigenvalue weighted by Crippen LogP contribution is 2.44. The third-order valence-corrected chi connectivity index (χ3v) is 8.59. The Balaban J connectivity index is 1.81. The minimum Gasteiger partial charge on any atom is -0.432 e. The molecule has 0 radical (unpaired) electrons. The summed E-state index contributed by atoms with van der Waals surface area (Å²) in [5.74, 6) is 2.90. The monoisotopic (exact) mass is 282 g/mol. The topological polar surface area (TPSA) is 37.3 Å². The maximum Gasteiger partial charge on any atom is 0.185 e. The smallest absolute Gasteiger partial charge is 0.185 e. The highest BCUT2D eigenvalue weighted by atomic mass is 28.4. The van der Waals surface area contributed by atoms with Gasteiger partial charge in [0.1, 0.15) is 5.78 Å². The second kappa shape index (κ2) is 6.09. The Bertz CT molecular complexity index is 303. The normalized spacial score (nSPS) is 32.3. The predicted molar refractivity (Wildman–Crippen MR) is 81.5 cm³/mol. The zero-order valence-corrected chi connectivity index (χ0v) is 13.8. The lowest BCUT2D eigenvalue weighted by molar-refractivity contribution is -0.121. The molecule has 3 heteroatoms. The molecule has 1 N–H and O–H groups in total. The van der Waals surface area contributed by atoms with Crippen molar-refractivity contribution in [2.45, 2.75) is 76.9 Å². The van der Waals surface area contributed by atoms with Gasteiger partial charge in [0, 0.05) is 12.8 Å². The molecule has 0 aromatic carbocycles. The highest BCUT2D eigenvalue weighted by molar-refractivity contribution is 6.71. The number of rotatable bonds is 3. The van der Waals surface area contributed by atoms with Crippen molar-refractivity contribution in [2.75, 3.05) is 0 Å². The molecule has 0 saturated heterocycles. The van der Waals surface area contributed by atoms with Crippen molar-refractivity contribution in [1.82, 2.24) is 0 Å². The van der Waals surface area contributed by atoms with Crippen LogP contribution in [0.3, 0.4) is 0 Å². The first-order chi connectivity index (χ1) is 8.88. The third kappa shape index (κ3) is 3.91. The van der Waals surface area contributed by atoms with E-state index in [2.05, 4.69) is 20.0 Å². The summed E-state index contributed by atoms with van der Waals surface area (Å²) in [4.78, 5) is 21.6. The second-order valence-corrected chi connectivity index (χ2v) is 11.7. The average Bonchev–Trinajstić information content (AvgIpc) is 2.38. The molecule has 0 spiro atoms. The van der Waals surface area contributed by atoms with Crippen molar-refractivity contribution in [1.29, 1.82) is 0 Å². The molecule has 1 unspecified atom stereocenters. The van der Waals surface area contributed by atoms with Crippen LogP contribution >= 0.6 is 0 Å². The largest absolute Gasteiger partial charge is 0.432 e. The van der Waals surface area contributed by atoms with Gasteiger partial charge in [-0.1, -0.05) is 19.8 Å². The van der Waals surface area contributed by atoms with E-state index >= 15 is 0 Å². The van der Waals surface area contributed by atoms with E-state index in [1.807, 2.05) is 0 Å². The molecule has 2 saturated carbocycles. The van der Waals surface area contributed by atoms with Crippen LogP contribution in [0.15, 0.2) is 0 Å². The Kier molecular flexibility index (Phi) is 4.88. The first-order valence-electron chi connectivity index (χ1n) is 8.12. The van der Waals surface area contributed by atoms with E-state index in [9.17, 15) is 9.59 Å². The molecule has 110 valence electrons. The number of hydrogen-bond donors (Lipinski definition) is 1. The molecule has 0 aliphatic heterocycles. The van der Waals surface area contributed by atoms with Crippen LogP contribution in [0, 0.1) is 17.8 Å². The van der Waals surface area contributed by atoms with Crippen LogP contribution in [0.5, 0.6) is 0 Å². The molecule has 0 bridgehead atoms. The average molecular weight is 282 g/mol. The molecule has 1 atom stereocenters. The minimum absolute atomic E-state index is 0.478. The number of Topliss-reactive ketones (excluding diaryl/α,β-unsaturated/α-hetero) is 1. The van der Waals surface area contributed by atoms with Gasteiger partial charge >= 0.3 is 0 Å². The van der Waals surface area contributed by atoms with Crippen molar-refractivity contribution in [3.63, 3.8) is 0 Å². The molecule has 0 heterocycles. The molecular weight excluding hydrogens is 252 g/mol. The Morgan fingerprint density at radius 3 is 1.95 bits per heavy atom. The predicted octanol–water partition coefficient (Wildman–Crippen LogP) is 4.14. The fourth-order valence-corrected chi connectivity index (χ4v) is 5.61. The zero-order valence-electron chi connectivity index (χ0n) is 12.8. The van der Waals surface area contributed by atoms with E-state index < -0.39 is 8.32 Å². The SMILES string of the molecule is CC(C1CCC(C2CCC(=O)CC2)CC1)[Si](C)(C)O. The van der Waals surface area contributed by atoms with Crippen LogP contribution in [0.25, 0.3) is 0 Å². The summed E-state index contributed by atoms with van der Waals surface area (Å²) in [6, 6.07) is 0. The summed E-state index contributed by atoms with van der Waals surface area (Å²) in [6.45, 7) is 6.42. The Morgan fingerprint density at radius 2 is 1.47 bits per heavy atom. The quantitative estimate of drug-likeness (QED) is 0.790. The van der Waals surface area contributed by atoms with E-state index in [0.717, 1.165) is 43.4 Å². The first-order valence-corrected chi connectivity index (χ1v) is 11.1. The molecule has 2 nitrogen and oxygen atoms in total. The minimum atomic E-state index is -1.96. The first kappa shape index (κ1) is 15.2. The number of ketones is 1. The molecule has 0 aromatic rings. The van der Waals surface area contributed by atoms with E-state index in [1.165, 1.54) is 25.7 Å². The van der Waals surface area contributed by atoms with Crippen molar-refractivity contribution in [3.05, 3.63) is 0 Å². The van der Waals surface area contributed by atoms with E-state index in [-0.39, 0.29) is 0 Å². The van der Waals surface area contributed by atoms with Crippen molar-refractivity contribution in [3.8, 4) is 0 Å². The van der Waals surface area contributed by atoms with Gasteiger partial charge in [-0.2, -0.15) is 0 Å². The summed E-state index contributed by atoms with van der Waals surface area (Å²) >= 11 is 0. The molecule has 2 fully saturated rings. The van der Waals surface area contributed by atoms with Crippen LogP contribution in [-0.2, 0) is 4.79 Å². The number of hydrogen-bond acceptors (Lipinski definition) is 2. The van der Waals surface area contributed by atoms with Crippen molar-refractivity contribution >= 4 is 14.1 Å². The van der Waals surface area contributed by atoms with Gasteiger partial charge in [-0.3, -0.25) is 4.79 Å². The molecule has 2 aliphatic rings. The van der Waals surface area contributed by atoms with Crippen molar-refractivity contribution in [2.24, 2.45) is 17.8 Å². The van der Waals surface area contributed by atoms with E-state index in [4.69, 9.17) is 0 Å². The van der Waals surface area contributed by atoms with Gasteiger partial charge in [0.2, 0.25) is 0 Å². The van der Waals surface area contributed by atoms with Crippen LogP contribution < -0.4 is 0 Å². The Morgan fingerprint density at radius 1 is 1.00 bits per heavy atom. The molecule has 2 aliphatic carbocycles. The van der Waals surface area contributed by atoms with Gasteiger partial charge < -0.3 is 4.80 Å². The fourth-order valence-electron chi connectivity index (χ4n) is 4.13. The van der Waals surface area contributed by atoms with Crippen LogP contribution in [-0.4, -0.2) is 18.9 Å². The molecule has 0 aromatic heterocycles. The second-order valence-electron chi connectivity index (χ2n) is 7.49. The van der Waals surface area contributed by atoms with Gasteiger partial charge in [-0.05, 0) is 62.1 Å². The lowest BCUT2D eigenvalue weighted by Gasteiger charge is -2.39. The summed E-state index contributed by atoms with van der Waals surface area (Å²) < 4.78 is 0. The highest BCUT2D eigenvalue weighted by Gasteiger charge is 2.37. The van der Waals surface area contributed by atoms with Crippen LogP contribution in [0.4, 0.5) is 0 Å². The summed E-state index contributed by atoms with van der Waals surface area (Å²) in [5, 5.41) is 0. The van der Waals surface area contributed by atoms with E-state index in [1.54, 1.807) is 0 Å². The number of carbonyl (C=O) groups is 1. The standard InChI is InChI=1S/C16H30O2Si/c1-12(19(2,3)18)13-4-6-14(7-5-13)15-8-10-16(17)11-9-15/h12-15,18H,4-11H2,1-3H3. The van der Waals surface area contributed by atoms with Crippen LogP contribution in [0.2, 0.25) is 18.6 Å². The Labute approximate surface area is 119 Å². The number of carbonyl (C=O) groups excluding carboxylic acids is 1. The fraction of sp³-hybridized carbons (Fsp3) is 0.938. The summed E-state index contributed by atoms with van der Waals surface area (Å²) in [6.07, 6.45) is 9.21. The Hall–Kier alpha value is -0.153. The molecule has 2 rings (SSSR count). The lowest BCUT2D eigenvalue weighted by Crippen LogP contribution is -2.37. The van der Waals surface area contributed by atoms with Gasteiger partial charge in [0.05, 0.1) is 0 Å². The van der Waals surface area contributed by atoms with Crippen LogP contribution in [0.1, 0.15) is 58.3 Å².